The second-order valence-corrected chi connectivity index (χ2v) is 6.11. The topological polar surface area (TPSA) is 75.3 Å². The number of anilines is 1. The third-order valence-electron chi connectivity index (χ3n) is 4.28. The molecule has 0 aliphatic carbocycles. The molecule has 128 valence electrons. The molecular formula is C18H24N4O2. The first kappa shape index (κ1) is 16.7. The van der Waals surface area contributed by atoms with Crippen molar-refractivity contribution in [3.05, 3.63) is 36.7 Å². The van der Waals surface area contributed by atoms with E-state index in [0.717, 1.165) is 35.8 Å². The van der Waals surface area contributed by atoms with Gasteiger partial charge in [-0.25, -0.2) is 0 Å². The summed E-state index contributed by atoms with van der Waals surface area (Å²) >= 11 is 0. The van der Waals surface area contributed by atoms with Crippen molar-refractivity contribution >= 4 is 22.4 Å². The third kappa shape index (κ3) is 4.21. The van der Waals surface area contributed by atoms with Crippen LogP contribution >= 0.6 is 0 Å². The van der Waals surface area contributed by atoms with Crippen molar-refractivity contribution in [1.82, 2.24) is 15.6 Å². The maximum absolute atomic E-state index is 12.1. The van der Waals surface area contributed by atoms with Gasteiger partial charge in [-0.1, -0.05) is 6.07 Å². The molecule has 0 unspecified atom stereocenters. The van der Waals surface area contributed by atoms with E-state index in [4.69, 9.17) is 4.74 Å². The number of fused-ring (bicyclic) bond motifs is 1. The Kier molecular flexibility index (Phi) is 5.61. The van der Waals surface area contributed by atoms with Gasteiger partial charge in [0, 0.05) is 56.3 Å². The van der Waals surface area contributed by atoms with E-state index in [1.165, 1.54) is 0 Å². The summed E-state index contributed by atoms with van der Waals surface area (Å²) in [6, 6.07) is 8.36. The Hall–Kier alpha value is -2.18. The molecule has 1 aromatic carbocycles. The Morgan fingerprint density at radius 3 is 3.17 bits per heavy atom. The van der Waals surface area contributed by atoms with Crippen LogP contribution < -0.4 is 16.0 Å². The Morgan fingerprint density at radius 2 is 2.29 bits per heavy atom. The minimum Gasteiger partial charge on any atom is -0.385 e. The highest BCUT2D eigenvalue weighted by Crippen LogP contribution is 2.20. The van der Waals surface area contributed by atoms with E-state index in [0.29, 0.717) is 13.2 Å². The average Bonchev–Trinajstić information content (AvgIpc) is 3.07. The van der Waals surface area contributed by atoms with Crippen LogP contribution in [-0.4, -0.2) is 49.8 Å². The molecule has 1 amide bonds. The lowest BCUT2D eigenvalue weighted by Gasteiger charge is -2.14. The van der Waals surface area contributed by atoms with Crippen LogP contribution in [-0.2, 0) is 9.53 Å². The number of amides is 1. The van der Waals surface area contributed by atoms with Gasteiger partial charge in [0.2, 0.25) is 5.91 Å². The summed E-state index contributed by atoms with van der Waals surface area (Å²) in [6.45, 7) is 2.10. The molecule has 24 heavy (non-hydrogen) atoms. The maximum atomic E-state index is 12.1. The molecule has 6 nitrogen and oxygen atoms in total. The molecular weight excluding hydrogens is 304 g/mol. The molecule has 1 fully saturated rings. The zero-order valence-corrected chi connectivity index (χ0v) is 13.9. The number of nitrogens with one attached hydrogen (secondary N) is 3. The number of hydrogen-bond donors (Lipinski definition) is 3. The first-order valence-corrected chi connectivity index (χ1v) is 8.36. The van der Waals surface area contributed by atoms with Crippen molar-refractivity contribution in [3.8, 4) is 0 Å². The van der Waals surface area contributed by atoms with E-state index in [-0.39, 0.29) is 18.0 Å². The highest BCUT2D eigenvalue weighted by molar-refractivity contribution is 5.85. The Morgan fingerprint density at radius 1 is 1.38 bits per heavy atom. The SMILES string of the molecule is COCCCNC(=O)[C@@H]1C[C@@H](Nc2ccc3cnccc3c2)CN1. The molecule has 0 bridgehead atoms. The minimum absolute atomic E-state index is 0.0694. The van der Waals surface area contributed by atoms with Crippen LogP contribution in [0.25, 0.3) is 10.8 Å². The fourth-order valence-electron chi connectivity index (χ4n) is 3.01. The van der Waals surface area contributed by atoms with Crippen molar-refractivity contribution < 1.29 is 9.53 Å². The van der Waals surface area contributed by atoms with Crippen molar-refractivity contribution in [2.24, 2.45) is 0 Å². The predicted octanol–water partition coefficient (Wildman–Crippen LogP) is 1.53. The number of benzene rings is 1. The van der Waals surface area contributed by atoms with Gasteiger partial charge in [0.25, 0.3) is 0 Å². The second kappa shape index (κ2) is 8.08. The number of ether oxygens (including phenoxy) is 1. The van der Waals surface area contributed by atoms with Crippen LogP contribution in [0.15, 0.2) is 36.7 Å². The van der Waals surface area contributed by atoms with Crippen molar-refractivity contribution in [2.75, 3.05) is 32.1 Å². The number of rotatable bonds is 7. The Bertz CT molecular complexity index is 692. The molecule has 2 atom stereocenters. The molecule has 2 aromatic rings. The summed E-state index contributed by atoms with van der Waals surface area (Å²) < 4.78 is 4.98. The molecule has 1 aliphatic heterocycles. The molecule has 3 N–H and O–H groups in total. The van der Waals surface area contributed by atoms with Crippen molar-refractivity contribution in [1.29, 1.82) is 0 Å². The zero-order valence-electron chi connectivity index (χ0n) is 13.9. The largest absolute Gasteiger partial charge is 0.385 e. The van der Waals surface area contributed by atoms with Gasteiger partial charge in [0.15, 0.2) is 0 Å². The molecule has 1 saturated heterocycles. The summed E-state index contributed by atoms with van der Waals surface area (Å²) in [4.78, 5) is 16.3. The first-order valence-electron chi connectivity index (χ1n) is 8.36. The lowest BCUT2D eigenvalue weighted by atomic mass is 10.1. The van der Waals surface area contributed by atoms with Crippen molar-refractivity contribution in [2.45, 2.75) is 24.9 Å². The first-order chi connectivity index (χ1) is 11.8. The van der Waals surface area contributed by atoms with E-state index in [1.807, 2.05) is 12.3 Å². The van der Waals surface area contributed by atoms with Crippen LogP contribution in [0.5, 0.6) is 0 Å². The summed E-state index contributed by atoms with van der Waals surface area (Å²) in [5.41, 5.74) is 1.07. The number of hydrogen-bond acceptors (Lipinski definition) is 5. The average molecular weight is 328 g/mol. The van der Waals surface area contributed by atoms with E-state index in [2.05, 4.69) is 39.1 Å². The number of nitrogens with zero attached hydrogens (tertiary/aromatic N) is 1. The van der Waals surface area contributed by atoms with Gasteiger partial charge in [0.05, 0.1) is 6.04 Å². The lowest BCUT2D eigenvalue weighted by molar-refractivity contribution is -0.122. The number of carbonyl (C=O) groups is 1. The molecule has 6 heteroatoms. The molecule has 0 saturated carbocycles. The number of pyridine rings is 1. The quantitative estimate of drug-likeness (QED) is 0.672. The molecule has 2 heterocycles. The summed E-state index contributed by atoms with van der Waals surface area (Å²) in [5, 5.41) is 12.0. The van der Waals surface area contributed by atoms with Crippen LogP contribution in [0.3, 0.4) is 0 Å². The van der Waals surface area contributed by atoms with E-state index in [9.17, 15) is 4.79 Å². The van der Waals surface area contributed by atoms with Gasteiger partial charge < -0.3 is 20.7 Å². The van der Waals surface area contributed by atoms with E-state index < -0.39 is 0 Å². The fourth-order valence-corrected chi connectivity index (χ4v) is 3.01. The standard InChI is InChI=1S/C18H24N4O2/c1-24-8-2-6-20-18(23)17-10-16(12-21-17)22-15-4-3-14-11-19-7-5-13(14)9-15/h3-5,7,9,11,16-17,21-22H,2,6,8,10,12H2,1H3,(H,20,23)/t16-,17+/m1/s1. The summed E-state index contributed by atoms with van der Waals surface area (Å²) in [5.74, 6) is 0.0694. The van der Waals surface area contributed by atoms with E-state index >= 15 is 0 Å². The molecule has 3 rings (SSSR count). The molecule has 1 aliphatic rings. The Balaban J connectivity index is 1.50. The summed E-state index contributed by atoms with van der Waals surface area (Å²) in [6.07, 6.45) is 5.28. The Labute approximate surface area is 142 Å². The van der Waals surface area contributed by atoms with Gasteiger partial charge in [-0.05, 0) is 36.4 Å². The number of aromatic nitrogens is 1. The van der Waals surface area contributed by atoms with Crippen LogP contribution in [0.1, 0.15) is 12.8 Å². The van der Waals surface area contributed by atoms with Gasteiger partial charge in [-0.3, -0.25) is 9.78 Å². The van der Waals surface area contributed by atoms with Gasteiger partial charge in [-0.2, -0.15) is 0 Å². The third-order valence-corrected chi connectivity index (χ3v) is 4.28. The highest BCUT2D eigenvalue weighted by Gasteiger charge is 2.29. The van der Waals surface area contributed by atoms with Crippen LogP contribution in [0.2, 0.25) is 0 Å². The van der Waals surface area contributed by atoms with Crippen LogP contribution in [0.4, 0.5) is 5.69 Å². The van der Waals surface area contributed by atoms with Gasteiger partial charge in [0.1, 0.15) is 0 Å². The zero-order chi connectivity index (χ0) is 16.8. The number of methoxy groups -OCH3 is 1. The van der Waals surface area contributed by atoms with Crippen molar-refractivity contribution in [3.63, 3.8) is 0 Å². The monoisotopic (exact) mass is 328 g/mol. The lowest BCUT2D eigenvalue weighted by Crippen LogP contribution is -2.40. The number of carbonyl (C=O) groups excluding carboxylic acids is 1. The van der Waals surface area contributed by atoms with E-state index in [1.54, 1.807) is 13.3 Å². The van der Waals surface area contributed by atoms with Gasteiger partial charge in [-0.15, -0.1) is 0 Å². The second-order valence-electron chi connectivity index (χ2n) is 6.11. The maximum Gasteiger partial charge on any atom is 0.237 e. The fraction of sp³-hybridized carbons (Fsp3) is 0.444. The predicted molar refractivity (Wildman–Crippen MR) is 95.1 cm³/mol. The highest BCUT2D eigenvalue weighted by atomic mass is 16.5. The molecule has 0 radical (unpaired) electrons. The summed E-state index contributed by atoms with van der Waals surface area (Å²) in [7, 11) is 1.67. The van der Waals surface area contributed by atoms with Crippen LogP contribution in [0, 0.1) is 0 Å². The normalized spacial score (nSPS) is 20.2. The smallest absolute Gasteiger partial charge is 0.237 e. The van der Waals surface area contributed by atoms with Gasteiger partial charge >= 0.3 is 0 Å². The minimum atomic E-state index is -0.130. The molecule has 1 aromatic heterocycles. The molecule has 0 spiro atoms.